The molecule has 82 valence electrons. The first kappa shape index (κ1) is 11.0. The average molecular weight is 280 g/mol. The highest BCUT2D eigenvalue weighted by Crippen LogP contribution is 2.19. The maximum Gasteiger partial charge on any atom is 0.139 e. The van der Waals surface area contributed by atoms with Crippen LogP contribution in [0.2, 0.25) is 0 Å². The van der Waals surface area contributed by atoms with Gasteiger partial charge in [0.1, 0.15) is 12.1 Å². The number of rotatable bonds is 3. The Kier molecular flexibility index (Phi) is 3.48. The summed E-state index contributed by atoms with van der Waals surface area (Å²) in [6, 6.07) is 7.71. The molecule has 1 aromatic carbocycles. The Balaban J connectivity index is 2.23. The number of halogens is 1. The molecule has 0 fully saturated rings. The fourth-order valence-corrected chi connectivity index (χ4v) is 1.52. The SMILES string of the molecule is OCc1cncnc1Nc1ccc(Br)cc1. The smallest absolute Gasteiger partial charge is 0.139 e. The molecule has 2 aromatic rings. The van der Waals surface area contributed by atoms with Gasteiger partial charge in [-0.2, -0.15) is 0 Å². The molecule has 1 aromatic heterocycles. The van der Waals surface area contributed by atoms with Gasteiger partial charge in [0.2, 0.25) is 0 Å². The first-order valence-electron chi connectivity index (χ1n) is 4.72. The molecule has 16 heavy (non-hydrogen) atoms. The molecule has 0 amide bonds. The lowest BCUT2D eigenvalue weighted by Crippen LogP contribution is -1.99. The van der Waals surface area contributed by atoms with Crippen molar-refractivity contribution in [2.45, 2.75) is 6.61 Å². The lowest BCUT2D eigenvalue weighted by molar-refractivity contribution is 0.281. The van der Waals surface area contributed by atoms with Crippen molar-refractivity contribution >= 4 is 27.4 Å². The second-order valence-corrected chi connectivity index (χ2v) is 4.10. The van der Waals surface area contributed by atoms with E-state index in [1.54, 1.807) is 6.20 Å². The predicted octanol–water partition coefficient (Wildman–Crippen LogP) is 2.48. The Morgan fingerprint density at radius 1 is 1.25 bits per heavy atom. The van der Waals surface area contributed by atoms with Crippen LogP contribution in [-0.4, -0.2) is 15.1 Å². The Bertz CT molecular complexity index is 473. The third-order valence-corrected chi connectivity index (χ3v) is 2.59. The van der Waals surface area contributed by atoms with Gasteiger partial charge in [0.15, 0.2) is 0 Å². The summed E-state index contributed by atoms with van der Waals surface area (Å²) < 4.78 is 1.02. The van der Waals surface area contributed by atoms with Gasteiger partial charge in [-0.15, -0.1) is 0 Å². The van der Waals surface area contributed by atoms with E-state index in [0.29, 0.717) is 11.4 Å². The highest BCUT2D eigenvalue weighted by atomic mass is 79.9. The highest BCUT2D eigenvalue weighted by molar-refractivity contribution is 9.10. The van der Waals surface area contributed by atoms with Crippen molar-refractivity contribution in [2.75, 3.05) is 5.32 Å². The minimum Gasteiger partial charge on any atom is -0.391 e. The normalized spacial score (nSPS) is 10.1. The quantitative estimate of drug-likeness (QED) is 0.906. The molecule has 0 spiro atoms. The van der Waals surface area contributed by atoms with Gasteiger partial charge in [-0.3, -0.25) is 0 Å². The minimum atomic E-state index is -0.0836. The highest BCUT2D eigenvalue weighted by Gasteiger charge is 2.02. The molecule has 0 saturated heterocycles. The zero-order chi connectivity index (χ0) is 11.4. The van der Waals surface area contributed by atoms with E-state index in [1.165, 1.54) is 6.33 Å². The summed E-state index contributed by atoms with van der Waals surface area (Å²) in [4.78, 5) is 7.93. The first-order valence-corrected chi connectivity index (χ1v) is 5.51. The van der Waals surface area contributed by atoms with Crippen molar-refractivity contribution in [3.63, 3.8) is 0 Å². The van der Waals surface area contributed by atoms with E-state index in [4.69, 9.17) is 5.11 Å². The second-order valence-electron chi connectivity index (χ2n) is 3.19. The zero-order valence-electron chi connectivity index (χ0n) is 8.39. The molecule has 0 saturated carbocycles. The topological polar surface area (TPSA) is 58.0 Å². The molecule has 0 unspecified atom stereocenters. The van der Waals surface area contributed by atoms with Gasteiger partial charge in [-0.25, -0.2) is 9.97 Å². The Morgan fingerprint density at radius 2 is 2.00 bits per heavy atom. The third kappa shape index (κ3) is 2.56. The molecule has 1 heterocycles. The van der Waals surface area contributed by atoms with Gasteiger partial charge in [0.05, 0.1) is 6.61 Å². The minimum absolute atomic E-state index is 0.0836. The van der Waals surface area contributed by atoms with E-state index in [1.807, 2.05) is 24.3 Å². The van der Waals surface area contributed by atoms with Crippen LogP contribution in [0.1, 0.15) is 5.56 Å². The number of aliphatic hydroxyl groups is 1. The van der Waals surface area contributed by atoms with Crippen molar-refractivity contribution < 1.29 is 5.11 Å². The Hall–Kier alpha value is -1.46. The molecule has 2 rings (SSSR count). The molecule has 0 atom stereocenters. The molecule has 0 radical (unpaired) electrons. The molecule has 2 N–H and O–H groups in total. The molecular formula is C11H10BrN3O. The maximum absolute atomic E-state index is 9.11. The average Bonchev–Trinajstić information content (AvgIpc) is 2.33. The van der Waals surface area contributed by atoms with Crippen LogP contribution >= 0.6 is 15.9 Å². The van der Waals surface area contributed by atoms with Crippen molar-refractivity contribution in [2.24, 2.45) is 0 Å². The van der Waals surface area contributed by atoms with Crippen LogP contribution in [0.15, 0.2) is 41.3 Å². The Labute approximate surface area is 102 Å². The molecule has 4 nitrogen and oxygen atoms in total. The summed E-state index contributed by atoms with van der Waals surface area (Å²) in [5.74, 6) is 0.625. The number of hydrogen-bond donors (Lipinski definition) is 2. The zero-order valence-corrected chi connectivity index (χ0v) is 9.98. The van der Waals surface area contributed by atoms with E-state index in [9.17, 15) is 0 Å². The van der Waals surface area contributed by atoms with Crippen LogP contribution in [-0.2, 0) is 6.61 Å². The largest absolute Gasteiger partial charge is 0.391 e. The number of aromatic nitrogens is 2. The van der Waals surface area contributed by atoms with Gasteiger partial charge in [-0.05, 0) is 24.3 Å². The van der Waals surface area contributed by atoms with Crippen LogP contribution in [0.3, 0.4) is 0 Å². The lowest BCUT2D eigenvalue weighted by Gasteiger charge is -2.08. The summed E-state index contributed by atoms with van der Waals surface area (Å²) in [5.41, 5.74) is 1.59. The monoisotopic (exact) mass is 279 g/mol. The van der Waals surface area contributed by atoms with E-state index in [0.717, 1.165) is 10.2 Å². The van der Waals surface area contributed by atoms with Crippen molar-refractivity contribution in [1.82, 2.24) is 9.97 Å². The first-order chi connectivity index (χ1) is 7.79. The molecule has 0 bridgehead atoms. The molecule has 0 aliphatic carbocycles. The molecular weight excluding hydrogens is 270 g/mol. The fraction of sp³-hybridized carbons (Fsp3) is 0.0909. The number of benzene rings is 1. The molecule has 0 aliphatic heterocycles. The van der Waals surface area contributed by atoms with Crippen LogP contribution < -0.4 is 5.32 Å². The maximum atomic E-state index is 9.11. The summed E-state index contributed by atoms with van der Waals surface area (Å²) in [6.07, 6.45) is 3.04. The number of anilines is 2. The fourth-order valence-electron chi connectivity index (χ4n) is 1.26. The standard InChI is InChI=1S/C11H10BrN3O/c12-9-1-3-10(4-2-9)15-11-8(6-16)5-13-7-14-11/h1-5,7,16H,6H2,(H,13,14,15). The van der Waals surface area contributed by atoms with E-state index in [-0.39, 0.29) is 6.61 Å². The van der Waals surface area contributed by atoms with Gasteiger partial charge >= 0.3 is 0 Å². The van der Waals surface area contributed by atoms with Crippen molar-refractivity contribution in [3.8, 4) is 0 Å². The summed E-state index contributed by atoms with van der Waals surface area (Å²) in [6.45, 7) is -0.0836. The summed E-state index contributed by atoms with van der Waals surface area (Å²) in [5, 5.41) is 12.2. The third-order valence-electron chi connectivity index (χ3n) is 2.07. The van der Waals surface area contributed by atoms with E-state index >= 15 is 0 Å². The van der Waals surface area contributed by atoms with Crippen LogP contribution in [0, 0.1) is 0 Å². The number of hydrogen-bond acceptors (Lipinski definition) is 4. The van der Waals surface area contributed by atoms with Crippen molar-refractivity contribution in [3.05, 3.63) is 46.8 Å². The second kappa shape index (κ2) is 5.05. The number of nitrogens with zero attached hydrogens (tertiary/aromatic N) is 2. The summed E-state index contributed by atoms with van der Waals surface area (Å²) >= 11 is 3.37. The van der Waals surface area contributed by atoms with Gasteiger partial charge in [-0.1, -0.05) is 15.9 Å². The molecule has 0 aliphatic rings. The Morgan fingerprint density at radius 3 is 2.69 bits per heavy atom. The lowest BCUT2D eigenvalue weighted by atomic mass is 10.3. The predicted molar refractivity (Wildman–Crippen MR) is 65.4 cm³/mol. The van der Waals surface area contributed by atoms with E-state index < -0.39 is 0 Å². The van der Waals surface area contributed by atoms with Crippen LogP contribution in [0.5, 0.6) is 0 Å². The summed E-state index contributed by atoms with van der Waals surface area (Å²) in [7, 11) is 0. The van der Waals surface area contributed by atoms with Gasteiger partial charge < -0.3 is 10.4 Å². The van der Waals surface area contributed by atoms with Crippen molar-refractivity contribution in [1.29, 1.82) is 0 Å². The van der Waals surface area contributed by atoms with Crippen LogP contribution in [0.4, 0.5) is 11.5 Å². The van der Waals surface area contributed by atoms with Gasteiger partial charge in [0.25, 0.3) is 0 Å². The number of nitrogens with one attached hydrogen (secondary N) is 1. The van der Waals surface area contributed by atoms with Crippen LogP contribution in [0.25, 0.3) is 0 Å². The number of aliphatic hydroxyl groups excluding tert-OH is 1. The molecule has 5 heteroatoms. The van der Waals surface area contributed by atoms with Gasteiger partial charge in [0, 0.05) is 21.9 Å². The van der Waals surface area contributed by atoms with E-state index in [2.05, 4.69) is 31.2 Å².